The molecule has 2 rings (SSSR count). The van der Waals surface area contributed by atoms with Crippen LogP contribution in [0, 0.1) is 20.8 Å². The number of aryl methyl sites for hydroxylation is 2. The van der Waals surface area contributed by atoms with Crippen LogP contribution in [0.4, 0.5) is 0 Å². The number of rotatable bonds is 3. The fourth-order valence-electron chi connectivity index (χ4n) is 2.19. The van der Waals surface area contributed by atoms with Crippen LogP contribution < -0.4 is 0 Å². The summed E-state index contributed by atoms with van der Waals surface area (Å²) in [7, 11) is 0. The number of hydrogen-bond donors (Lipinski definition) is 2. The van der Waals surface area contributed by atoms with Crippen molar-refractivity contribution in [1.82, 2.24) is 9.78 Å². The molecule has 0 unspecified atom stereocenters. The number of benzene rings is 1. The van der Waals surface area contributed by atoms with Crippen LogP contribution in [0.3, 0.4) is 0 Å². The monoisotopic (exact) mass is 274 g/mol. The van der Waals surface area contributed by atoms with Gasteiger partial charge in [0.15, 0.2) is 5.69 Å². The average Bonchev–Trinajstić information content (AvgIpc) is 2.67. The van der Waals surface area contributed by atoms with E-state index in [-0.39, 0.29) is 5.56 Å². The lowest BCUT2D eigenvalue weighted by atomic mass is 10.1. The molecule has 0 saturated carbocycles. The highest BCUT2D eigenvalue weighted by molar-refractivity contribution is 6.01. The number of carbonyl (C=O) groups is 2. The zero-order valence-corrected chi connectivity index (χ0v) is 11.3. The second-order valence-corrected chi connectivity index (χ2v) is 4.62. The third kappa shape index (κ3) is 2.16. The fraction of sp³-hybridized carbons (Fsp3) is 0.214. The summed E-state index contributed by atoms with van der Waals surface area (Å²) < 4.78 is 1.36. The van der Waals surface area contributed by atoms with Gasteiger partial charge >= 0.3 is 11.9 Å². The van der Waals surface area contributed by atoms with Crippen LogP contribution in [0.2, 0.25) is 0 Å². The number of carboxylic acids is 2. The number of aromatic nitrogens is 2. The van der Waals surface area contributed by atoms with Crippen molar-refractivity contribution in [2.24, 2.45) is 0 Å². The lowest BCUT2D eigenvalue weighted by Gasteiger charge is -2.08. The van der Waals surface area contributed by atoms with E-state index in [2.05, 4.69) is 5.10 Å². The second-order valence-electron chi connectivity index (χ2n) is 4.62. The van der Waals surface area contributed by atoms with E-state index in [0.717, 1.165) is 11.1 Å². The summed E-state index contributed by atoms with van der Waals surface area (Å²) in [5, 5.41) is 22.2. The van der Waals surface area contributed by atoms with E-state index in [1.165, 1.54) is 4.68 Å². The standard InChI is InChI=1S/C14H14N2O4/c1-7-4-5-10(8(2)6-7)16-9(3)11(13(17)18)12(15-16)14(19)20/h4-6H,1-3H3,(H,17,18)(H,19,20). The van der Waals surface area contributed by atoms with E-state index in [9.17, 15) is 9.59 Å². The summed E-state index contributed by atoms with van der Waals surface area (Å²) >= 11 is 0. The van der Waals surface area contributed by atoms with Crippen molar-refractivity contribution < 1.29 is 19.8 Å². The van der Waals surface area contributed by atoms with Gasteiger partial charge in [-0.3, -0.25) is 0 Å². The maximum atomic E-state index is 11.2. The summed E-state index contributed by atoms with van der Waals surface area (Å²) in [5.74, 6) is -2.65. The highest BCUT2D eigenvalue weighted by Crippen LogP contribution is 2.21. The summed E-state index contributed by atoms with van der Waals surface area (Å²) in [4.78, 5) is 22.3. The highest BCUT2D eigenvalue weighted by atomic mass is 16.4. The molecule has 0 fully saturated rings. The summed E-state index contributed by atoms with van der Waals surface area (Å²) in [6.07, 6.45) is 0. The van der Waals surface area contributed by atoms with Gasteiger partial charge in [0.2, 0.25) is 0 Å². The Kier molecular flexibility index (Phi) is 3.31. The van der Waals surface area contributed by atoms with Crippen molar-refractivity contribution in [3.8, 4) is 5.69 Å². The molecule has 1 aromatic carbocycles. The number of nitrogens with zero attached hydrogens (tertiary/aromatic N) is 2. The third-order valence-electron chi connectivity index (χ3n) is 3.11. The molecular weight excluding hydrogens is 260 g/mol. The number of aromatic carboxylic acids is 2. The smallest absolute Gasteiger partial charge is 0.357 e. The van der Waals surface area contributed by atoms with Crippen molar-refractivity contribution in [1.29, 1.82) is 0 Å². The molecule has 6 heteroatoms. The van der Waals surface area contributed by atoms with Crippen LogP contribution in [0.25, 0.3) is 5.69 Å². The molecule has 20 heavy (non-hydrogen) atoms. The van der Waals surface area contributed by atoms with Crippen molar-refractivity contribution in [3.05, 3.63) is 46.3 Å². The zero-order chi connectivity index (χ0) is 15.0. The molecule has 2 N–H and O–H groups in total. The van der Waals surface area contributed by atoms with Gasteiger partial charge in [-0.1, -0.05) is 17.7 Å². The molecule has 1 heterocycles. The van der Waals surface area contributed by atoms with Gasteiger partial charge in [0, 0.05) is 0 Å². The largest absolute Gasteiger partial charge is 0.478 e. The van der Waals surface area contributed by atoms with E-state index in [1.807, 2.05) is 26.0 Å². The van der Waals surface area contributed by atoms with Crippen molar-refractivity contribution in [2.45, 2.75) is 20.8 Å². The Morgan fingerprint density at radius 1 is 1.10 bits per heavy atom. The van der Waals surface area contributed by atoms with Crippen molar-refractivity contribution in [2.75, 3.05) is 0 Å². The number of carboxylic acid groups (broad SMARTS) is 2. The van der Waals surface area contributed by atoms with E-state index in [4.69, 9.17) is 10.2 Å². The van der Waals surface area contributed by atoms with Gasteiger partial charge in [-0.15, -0.1) is 0 Å². The van der Waals surface area contributed by atoms with Crippen LogP contribution >= 0.6 is 0 Å². The molecule has 0 bridgehead atoms. The van der Waals surface area contributed by atoms with E-state index in [0.29, 0.717) is 11.4 Å². The topological polar surface area (TPSA) is 92.4 Å². The van der Waals surface area contributed by atoms with Crippen molar-refractivity contribution in [3.63, 3.8) is 0 Å². The Labute approximate surface area is 115 Å². The maximum Gasteiger partial charge on any atom is 0.357 e. The SMILES string of the molecule is Cc1ccc(-n2nc(C(=O)O)c(C(=O)O)c2C)c(C)c1. The molecule has 0 aliphatic rings. The maximum absolute atomic E-state index is 11.2. The predicted molar refractivity (Wildman–Crippen MR) is 71.7 cm³/mol. The van der Waals surface area contributed by atoms with Crippen LogP contribution in [-0.4, -0.2) is 31.9 Å². The highest BCUT2D eigenvalue weighted by Gasteiger charge is 2.26. The Hall–Kier alpha value is -2.63. The molecule has 0 aliphatic heterocycles. The summed E-state index contributed by atoms with van der Waals surface area (Å²) in [6.45, 7) is 5.35. The number of hydrogen-bond acceptors (Lipinski definition) is 3. The first-order valence-electron chi connectivity index (χ1n) is 5.96. The molecule has 6 nitrogen and oxygen atoms in total. The summed E-state index contributed by atoms with van der Waals surface area (Å²) in [6, 6.07) is 5.59. The molecule has 0 aliphatic carbocycles. The molecule has 104 valence electrons. The van der Waals surface area contributed by atoms with Gasteiger partial charge in [0.05, 0.1) is 11.4 Å². The van der Waals surface area contributed by atoms with Gasteiger partial charge in [0.1, 0.15) is 5.56 Å². The minimum absolute atomic E-state index is 0.280. The predicted octanol–water partition coefficient (Wildman–Crippen LogP) is 2.19. The van der Waals surface area contributed by atoms with E-state index < -0.39 is 17.6 Å². The molecular formula is C14H14N2O4. The van der Waals surface area contributed by atoms with Crippen LogP contribution in [0.1, 0.15) is 37.7 Å². The van der Waals surface area contributed by atoms with Gasteiger partial charge in [0.25, 0.3) is 0 Å². The third-order valence-corrected chi connectivity index (χ3v) is 3.11. The molecule has 0 amide bonds. The lowest BCUT2D eigenvalue weighted by Crippen LogP contribution is -2.07. The molecule has 0 spiro atoms. The van der Waals surface area contributed by atoms with E-state index >= 15 is 0 Å². The Morgan fingerprint density at radius 3 is 2.20 bits per heavy atom. The van der Waals surface area contributed by atoms with Crippen LogP contribution in [-0.2, 0) is 0 Å². The van der Waals surface area contributed by atoms with Crippen LogP contribution in [0.15, 0.2) is 18.2 Å². The molecule has 0 atom stereocenters. The lowest BCUT2D eigenvalue weighted by molar-refractivity contribution is 0.0648. The van der Waals surface area contributed by atoms with Gasteiger partial charge in [-0.2, -0.15) is 5.10 Å². The quantitative estimate of drug-likeness (QED) is 0.895. The minimum atomic E-state index is -1.35. The van der Waals surface area contributed by atoms with Crippen molar-refractivity contribution >= 4 is 11.9 Å². The average molecular weight is 274 g/mol. The Morgan fingerprint density at radius 2 is 1.75 bits per heavy atom. The first-order chi connectivity index (χ1) is 9.32. The first-order valence-corrected chi connectivity index (χ1v) is 5.96. The Balaban J connectivity index is 2.73. The van der Waals surface area contributed by atoms with Gasteiger partial charge < -0.3 is 10.2 Å². The Bertz CT molecular complexity index is 716. The minimum Gasteiger partial charge on any atom is -0.478 e. The van der Waals surface area contributed by atoms with Crippen LogP contribution in [0.5, 0.6) is 0 Å². The molecule has 0 radical (unpaired) electrons. The van der Waals surface area contributed by atoms with E-state index in [1.54, 1.807) is 13.0 Å². The van der Waals surface area contributed by atoms with Gasteiger partial charge in [-0.05, 0) is 32.4 Å². The summed E-state index contributed by atoms with van der Waals surface area (Å²) in [5.41, 5.74) is 2.19. The first kappa shape index (κ1) is 13.8. The molecule has 2 aromatic rings. The second kappa shape index (κ2) is 4.80. The fourth-order valence-corrected chi connectivity index (χ4v) is 2.19. The zero-order valence-electron chi connectivity index (χ0n) is 11.3. The normalized spacial score (nSPS) is 10.6. The van der Waals surface area contributed by atoms with Gasteiger partial charge in [-0.25, -0.2) is 14.3 Å². The molecule has 0 saturated heterocycles. The molecule has 1 aromatic heterocycles.